The van der Waals surface area contributed by atoms with E-state index in [0.717, 1.165) is 6.07 Å². The molecule has 3 aromatic rings. The lowest BCUT2D eigenvalue weighted by molar-refractivity contribution is 0.0916. The zero-order valence-electron chi connectivity index (χ0n) is 11.8. The average molecular weight is 318 g/mol. The summed E-state index contributed by atoms with van der Waals surface area (Å²) >= 11 is 0. The Morgan fingerprint density at radius 3 is 2.91 bits per heavy atom. The number of aliphatic hydroxyl groups is 1. The van der Waals surface area contributed by atoms with Crippen LogP contribution in [0, 0.1) is 11.6 Å². The number of aliphatic hydroxyl groups excluding tert-OH is 1. The smallest absolute Gasteiger partial charge is 0.255 e. The normalized spacial score (nSPS) is 12.3. The molecule has 8 heteroatoms. The Kier molecular flexibility index (Phi) is 3.98. The number of halogens is 2. The van der Waals surface area contributed by atoms with Gasteiger partial charge in [-0.25, -0.2) is 13.3 Å². The molecule has 0 aliphatic heterocycles. The molecular formula is C15H12F2N4O2. The van der Waals surface area contributed by atoms with Gasteiger partial charge >= 0.3 is 0 Å². The molecule has 118 valence electrons. The molecule has 0 radical (unpaired) electrons. The van der Waals surface area contributed by atoms with Gasteiger partial charge in [-0.3, -0.25) is 9.78 Å². The summed E-state index contributed by atoms with van der Waals surface area (Å²) in [5, 5.41) is 15.9. The van der Waals surface area contributed by atoms with Crippen molar-refractivity contribution in [3.63, 3.8) is 0 Å². The molecule has 1 unspecified atom stereocenters. The molecule has 0 spiro atoms. The van der Waals surface area contributed by atoms with E-state index in [0.29, 0.717) is 11.6 Å². The van der Waals surface area contributed by atoms with Crippen LogP contribution in [0.2, 0.25) is 0 Å². The summed E-state index contributed by atoms with van der Waals surface area (Å²) in [6.45, 7) is -0.536. The molecule has 6 nitrogen and oxygen atoms in total. The van der Waals surface area contributed by atoms with Gasteiger partial charge in [0.1, 0.15) is 11.6 Å². The highest BCUT2D eigenvalue weighted by Gasteiger charge is 2.20. The highest BCUT2D eigenvalue weighted by atomic mass is 19.1. The van der Waals surface area contributed by atoms with Gasteiger partial charge in [0.15, 0.2) is 0 Å². The van der Waals surface area contributed by atoms with E-state index in [-0.39, 0.29) is 11.1 Å². The van der Waals surface area contributed by atoms with Crippen molar-refractivity contribution in [2.45, 2.75) is 6.04 Å². The van der Waals surface area contributed by atoms with Crippen LogP contribution in [-0.2, 0) is 0 Å². The second-order valence-corrected chi connectivity index (χ2v) is 4.84. The lowest BCUT2D eigenvalue weighted by Gasteiger charge is -2.17. The van der Waals surface area contributed by atoms with E-state index in [1.54, 1.807) is 6.20 Å². The molecule has 1 aromatic carbocycles. The van der Waals surface area contributed by atoms with Crippen LogP contribution >= 0.6 is 0 Å². The fraction of sp³-hybridized carbons (Fsp3) is 0.133. The number of nitrogens with one attached hydrogen (secondary N) is 1. The molecule has 1 amide bonds. The second-order valence-electron chi connectivity index (χ2n) is 4.84. The number of nitrogens with zero attached hydrogens (tertiary/aromatic N) is 3. The fourth-order valence-electron chi connectivity index (χ4n) is 2.25. The molecular weight excluding hydrogens is 306 g/mol. The zero-order valence-corrected chi connectivity index (χ0v) is 11.8. The molecule has 23 heavy (non-hydrogen) atoms. The SMILES string of the molecule is O=C(NC(CO)c1ccc(F)cc1F)c1cnn2ccncc12. The Morgan fingerprint density at radius 2 is 2.17 bits per heavy atom. The van der Waals surface area contributed by atoms with Gasteiger partial charge in [-0.15, -0.1) is 0 Å². The highest BCUT2D eigenvalue weighted by Crippen LogP contribution is 2.19. The largest absolute Gasteiger partial charge is 0.394 e. The van der Waals surface area contributed by atoms with Crippen LogP contribution < -0.4 is 5.32 Å². The summed E-state index contributed by atoms with van der Waals surface area (Å²) in [6, 6.07) is 1.94. The zero-order chi connectivity index (χ0) is 16.4. The molecule has 0 saturated heterocycles. The third-order valence-corrected chi connectivity index (χ3v) is 3.40. The number of hydrogen-bond acceptors (Lipinski definition) is 4. The van der Waals surface area contributed by atoms with Crippen LogP contribution in [0.1, 0.15) is 22.0 Å². The van der Waals surface area contributed by atoms with E-state index in [1.807, 2.05) is 0 Å². The number of aromatic nitrogens is 3. The number of fused-ring (bicyclic) bond motifs is 1. The number of amides is 1. The maximum absolute atomic E-state index is 13.8. The van der Waals surface area contributed by atoms with Gasteiger partial charge in [-0.1, -0.05) is 6.07 Å². The highest BCUT2D eigenvalue weighted by molar-refractivity contribution is 6.00. The Hall–Kier alpha value is -2.87. The third-order valence-electron chi connectivity index (χ3n) is 3.40. The van der Waals surface area contributed by atoms with Gasteiger partial charge in [0, 0.05) is 24.0 Å². The monoisotopic (exact) mass is 318 g/mol. The van der Waals surface area contributed by atoms with Crippen molar-refractivity contribution in [2.24, 2.45) is 0 Å². The first-order valence-electron chi connectivity index (χ1n) is 6.74. The molecule has 0 aliphatic rings. The van der Waals surface area contributed by atoms with Crippen molar-refractivity contribution < 1.29 is 18.7 Å². The lowest BCUT2D eigenvalue weighted by atomic mass is 10.1. The van der Waals surface area contributed by atoms with Crippen LogP contribution in [0.4, 0.5) is 8.78 Å². The van der Waals surface area contributed by atoms with Gasteiger partial charge in [0.05, 0.1) is 36.1 Å². The molecule has 0 aliphatic carbocycles. The Labute approximate surface area is 129 Å². The lowest BCUT2D eigenvalue weighted by Crippen LogP contribution is -2.31. The molecule has 3 rings (SSSR count). The first-order valence-corrected chi connectivity index (χ1v) is 6.74. The van der Waals surface area contributed by atoms with E-state index in [9.17, 15) is 18.7 Å². The molecule has 0 bridgehead atoms. The minimum atomic E-state index is -1.00. The number of carbonyl (C=O) groups is 1. The van der Waals surface area contributed by atoms with Gasteiger partial charge in [0.25, 0.3) is 5.91 Å². The van der Waals surface area contributed by atoms with Crippen molar-refractivity contribution in [1.29, 1.82) is 0 Å². The Bertz CT molecular complexity index is 866. The van der Waals surface area contributed by atoms with Crippen molar-refractivity contribution >= 4 is 11.4 Å². The number of hydrogen-bond donors (Lipinski definition) is 2. The third kappa shape index (κ3) is 2.88. The Balaban J connectivity index is 1.88. The first-order chi connectivity index (χ1) is 11.1. The predicted molar refractivity (Wildman–Crippen MR) is 76.6 cm³/mol. The number of rotatable bonds is 4. The average Bonchev–Trinajstić information content (AvgIpc) is 2.97. The van der Waals surface area contributed by atoms with E-state index in [2.05, 4.69) is 15.4 Å². The molecule has 2 aromatic heterocycles. The van der Waals surface area contributed by atoms with Crippen LogP contribution in [0.25, 0.3) is 5.52 Å². The van der Waals surface area contributed by atoms with Crippen LogP contribution in [0.5, 0.6) is 0 Å². The first kappa shape index (κ1) is 15.0. The molecule has 0 saturated carbocycles. The summed E-state index contributed by atoms with van der Waals surface area (Å²) in [6.07, 6.45) is 5.91. The molecule has 2 N–H and O–H groups in total. The standard InChI is InChI=1S/C15H12F2N4O2/c16-9-1-2-10(12(17)5-9)13(8-22)20-15(23)11-6-19-21-4-3-18-7-14(11)21/h1-7,13,22H,8H2,(H,20,23). The maximum Gasteiger partial charge on any atom is 0.255 e. The molecule has 1 atom stereocenters. The van der Waals surface area contributed by atoms with Gasteiger partial charge < -0.3 is 10.4 Å². The quantitative estimate of drug-likeness (QED) is 0.763. The Morgan fingerprint density at radius 1 is 1.35 bits per heavy atom. The maximum atomic E-state index is 13.8. The van der Waals surface area contributed by atoms with Gasteiger partial charge in [-0.05, 0) is 6.07 Å². The van der Waals surface area contributed by atoms with Crippen LogP contribution in [0.15, 0.2) is 43.0 Å². The second kappa shape index (κ2) is 6.09. The van der Waals surface area contributed by atoms with Gasteiger partial charge in [0.2, 0.25) is 0 Å². The molecule has 0 fully saturated rings. The summed E-state index contributed by atoms with van der Waals surface area (Å²) in [5.74, 6) is -2.12. The molecule has 2 heterocycles. The topological polar surface area (TPSA) is 79.5 Å². The van der Waals surface area contributed by atoms with Crippen LogP contribution in [-0.4, -0.2) is 32.2 Å². The van der Waals surface area contributed by atoms with E-state index < -0.39 is 30.2 Å². The number of benzene rings is 1. The van der Waals surface area contributed by atoms with Crippen molar-refractivity contribution in [2.75, 3.05) is 6.61 Å². The van der Waals surface area contributed by atoms with Gasteiger partial charge in [-0.2, -0.15) is 5.10 Å². The summed E-state index contributed by atoms with van der Waals surface area (Å²) in [5.41, 5.74) is 0.706. The van der Waals surface area contributed by atoms with Crippen molar-refractivity contribution in [1.82, 2.24) is 19.9 Å². The number of carbonyl (C=O) groups excluding carboxylic acids is 1. The van der Waals surface area contributed by atoms with Crippen LogP contribution in [0.3, 0.4) is 0 Å². The minimum Gasteiger partial charge on any atom is -0.394 e. The van der Waals surface area contributed by atoms with Crippen molar-refractivity contribution in [3.8, 4) is 0 Å². The summed E-state index contributed by atoms with van der Waals surface area (Å²) < 4.78 is 28.2. The van der Waals surface area contributed by atoms with E-state index in [1.165, 1.54) is 29.2 Å². The fourth-order valence-corrected chi connectivity index (χ4v) is 2.25. The van der Waals surface area contributed by atoms with E-state index in [4.69, 9.17) is 0 Å². The van der Waals surface area contributed by atoms with Crippen molar-refractivity contribution in [3.05, 3.63) is 65.7 Å². The summed E-state index contributed by atoms with van der Waals surface area (Å²) in [4.78, 5) is 16.3. The van der Waals surface area contributed by atoms with E-state index >= 15 is 0 Å². The summed E-state index contributed by atoms with van der Waals surface area (Å²) in [7, 11) is 0. The minimum absolute atomic E-state index is 0.00292. The predicted octanol–water partition coefficient (Wildman–Crippen LogP) is 1.47.